The molecule has 2 aromatic carbocycles. The van der Waals surface area contributed by atoms with Gasteiger partial charge in [0.15, 0.2) is 0 Å². The zero-order valence-electron chi connectivity index (χ0n) is 11.1. The summed E-state index contributed by atoms with van der Waals surface area (Å²) in [6, 6.07) is 12.1. The molecule has 0 heterocycles. The molecule has 0 saturated carbocycles. The first-order valence-electron chi connectivity index (χ1n) is 6.21. The monoisotopic (exact) mass is 308 g/mol. The van der Waals surface area contributed by atoms with Gasteiger partial charge in [0.05, 0.1) is 5.56 Å². The van der Waals surface area contributed by atoms with E-state index in [0.717, 1.165) is 24.3 Å². The molecule has 0 fully saturated rings. The Hall–Kier alpha value is -2.83. The van der Waals surface area contributed by atoms with E-state index in [2.05, 4.69) is 10.6 Å². The van der Waals surface area contributed by atoms with Gasteiger partial charge >= 0.3 is 18.0 Å². The number of nitrogens with one attached hydrogen (secondary N) is 2. The van der Waals surface area contributed by atoms with Gasteiger partial charge in [-0.3, -0.25) is 9.59 Å². The Morgan fingerprint density at radius 2 is 1.18 bits per heavy atom. The molecule has 2 rings (SSSR count). The lowest BCUT2D eigenvalue weighted by molar-refractivity contribution is -0.137. The van der Waals surface area contributed by atoms with Gasteiger partial charge in [-0.05, 0) is 36.4 Å². The zero-order chi connectivity index (χ0) is 16.2. The number of alkyl halides is 3. The fourth-order valence-corrected chi connectivity index (χ4v) is 1.64. The van der Waals surface area contributed by atoms with E-state index in [4.69, 9.17) is 0 Å². The number of halogens is 3. The van der Waals surface area contributed by atoms with Crippen LogP contribution in [0.5, 0.6) is 0 Å². The van der Waals surface area contributed by atoms with Crippen LogP contribution in [-0.2, 0) is 15.8 Å². The third kappa shape index (κ3) is 4.08. The van der Waals surface area contributed by atoms with Crippen molar-refractivity contribution >= 4 is 23.2 Å². The Kier molecular flexibility index (Phi) is 4.45. The maximum Gasteiger partial charge on any atom is 0.416 e. The van der Waals surface area contributed by atoms with E-state index in [-0.39, 0.29) is 5.69 Å². The van der Waals surface area contributed by atoms with Gasteiger partial charge in [-0.1, -0.05) is 18.2 Å². The lowest BCUT2D eigenvalue weighted by Gasteiger charge is -2.09. The largest absolute Gasteiger partial charge is 0.416 e. The standard InChI is InChI=1S/C15H11F3N2O2/c16-15(17,18)10-6-8-12(9-7-10)20-14(22)13(21)19-11-4-2-1-3-5-11/h1-9H,(H,19,21)(H,20,22). The Labute approximate surface area is 124 Å². The molecule has 0 spiro atoms. The van der Waals surface area contributed by atoms with Crippen LogP contribution in [0.25, 0.3) is 0 Å². The molecule has 0 saturated heterocycles. The van der Waals surface area contributed by atoms with E-state index in [9.17, 15) is 22.8 Å². The van der Waals surface area contributed by atoms with Gasteiger partial charge in [0.2, 0.25) is 0 Å². The van der Waals surface area contributed by atoms with Gasteiger partial charge in [0.25, 0.3) is 0 Å². The quantitative estimate of drug-likeness (QED) is 0.837. The van der Waals surface area contributed by atoms with E-state index in [1.165, 1.54) is 0 Å². The molecule has 22 heavy (non-hydrogen) atoms. The Morgan fingerprint density at radius 3 is 1.64 bits per heavy atom. The number of benzene rings is 2. The maximum absolute atomic E-state index is 12.4. The second kappa shape index (κ2) is 6.30. The van der Waals surface area contributed by atoms with E-state index in [0.29, 0.717) is 5.69 Å². The fraction of sp³-hybridized carbons (Fsp3) is 0.0667. The van der Waals surface area contributed by atoms with Crippen LogP contribution in [0.4, 0.5) is 24.5 Å². The second-order valence-corrected chi connectivity index (χ2v) is 4.35. The number of hydrogen-bond acceptors (Lipinski definition) is 2. The van der Waals surface area contributed by atoms with Gasteiger partial charge in [-0.2, -0.15) is 13.2 Å². The van der Waals surface area contributed by atoms with Gasteiger partial charge in [-0.25, -0.2) is 0 Å². The van der Waals surface area contributed by atoms with Crippen LogP contribution < -0.4 is 10.6 Å². The summed E-state index contributed by atoms with van der Waals surface area (Å²) in [5.74, 6) is -1.88. The van der Waals surface area contributed by atoms with Crippen molar-refractivity contribution < 1.29 is 22.8 Å². The molecule has 4 nitrogen and oxygen atoms in total. The number of carbonyl (C=O) groups is 2. The van der Waals surface area contributed by atoms with Crippen LogP contribution in [-0.4, -0.2) is 11.8 Å². The highest BCUT2D eigenvalue weighted by atomic mass is 19.4. The molecule has 2 amide bonds. The van der Waals surface area contributed by atoms with Crippen molar-refractivity contribution in [1.29, 1.82) is 0 Å². The summed E-state index contributed by atoms with van der Waals surface area (Å²) in [6.45, 7) is 0. The summed E-state index contributed by atoms with van der Waals surface area (Å²) in [5.41, 5.74) is -0.296. The summed E-state index contributed by atoms with van der Waals surface area (Å²) < 4.78 is 37.2. The lowest BCUT2D eigenvalue weighted by atomic mass is 10.2. The molecule has 2 N–H and O–H groups in total. The molecule has 0 unspecified atom stereocenters. The molecule has 0 bridgehead atoms. The number of para-hydroxylation sites is 1. The summed E-state index contributed by atoms with van der Waals surface area (Å²) in [4.78, 5) is 23.3. The second-order valence-electron chi connectivity index (χ2n) is 4.35. The highest BCUT2D eigenvalue weighted by Gasteiger charge is 2.30. The van der Waals surface area contributed by atoms with Gasteiger partial charge in [-0.15, -0.1) is 0 Å². The number of hydrogen-bond donors (Lipinski definition) is 2. The van der Waals surface area contributed by atoms with E-state index in [1.807, 2.05) is 0 Å². The normalized spacial score (nSPS) is 10.9. The Balaban J connectivity index is 1.98. The van der Waals surface area contributed by atoms with Crippen molar-refractivity contribution in [3.8, 4) is 0 Å². The highest BCUT2D eigenvalue weighted by molar-refractivity contribution is 6.43. The maximum atomic E-state index is 12.4. The Morgan fingerprint density at radius 1 is 0.727 bits per heavy atom. The molecule has 0 atom stereocenters. The molecule has 7 heteroatoms. The number of carbonyl (C=O) groups excluding carboxylic acids is 2. The van der Waals surface area contributed by atoms with Crippen molar-refractivity contribution in [3.63, 3.8) is 0 Å². The van der Waals surface area contributed by atoms with Crippen molar-refractivity contribution in [3.05, 3.63) is 60.2 Å². The van der Waals surface area contributed by atoms with Crippen LogP contribution in [0.3, 0.4) is 0 Å². The SMILES string of the molecule is O=C(Nc1ccccc1)C(=O)Nc1ccc(C(F)(F)F)cc1. The smallest absolute Gasteiger partial charge is 0.318 e. The molecule has 2 aromatic rings. The average Bonchev–Trinajstić information content (AvgIpc) is 2.48. The third-order valence-electron chi connectivity index (χ3n) is 2.71. The van der Waals surface area contributed by atoms with Crippen LogP contribution in [0.15, 0.2) is 54.6 Å². The van der Waals surface area contributed by atoms with Crippen molar-refractivity contribution in [2.45, 2.75) is 6.18 Å². The number of anilines is 2. The first kappa shape index (κ1) is 15.6. The predicted molar refractivity (Wildman–Crippen MR) is 75.1 cm³/mol. The first-order chi connectivity index (χ1) is 10.4. The Bertz CT molecular complexity index is 667. The first-order valence-corrected chi connectivity index (χ1v) is 6.21. The average molecular weight is 308 g/mol. The van der Waals surface area contributed by atoms with Crippen molar-refractivity contribution in [1.82, 2.24) is 0 Å². The molecule has 0 aliphatic rings. The highest BCUT2D eigenvalue weighted by Crippen LogP contribution is 2.29. The van der Waals surface area contributed by atoms with E-state index >= 15 is 0 Å². The minimum Gasteiger partial charge on any atom is -0.318 e. The fourth-order valence-electron chi connectivity index (χ4n) is 1.64. The van der Waals surface area contributed by atoms with Gasteiger partial charge < -0.3 is 10.6 Å². The van der Waals surface area contributed by atoms with Gasteiger partial charge in [0, 0.05) is 11.4 Å². The predicted octanol–water partition coefficient (Wildman–Crippen LogP) is 3.28. The van der Waals surface area contributed by atoms with Crippen LogP contribution >= 0.6 is 0 Å². The summed E-state index contributed by atoms with van der Waals surface area (Å²) in [6.07, 6.45) is -4.45. The van der Waals surface area contributed by atoms with Crippen molar-refractivity contribution in [2.24, 2.45) is 0 Å². The summed E-state index contributed by atoms with van der Waals surface area (Å²) >= 11 is 0. The van der Waals surface area contributed by atoms with Crippen LogP contribution in [0.1, 0.15) is 5.56 Å². The summed E-state index contributed by atoms with van der Waals surface area (Å²) in [7, 11) is 0. The molecule has 114 valence electrons. The molecule has 0 aromatic heterocycles. The molecular formula is C15H11F3N2O2. The van der Waals surface area contributed by atoms with Crippen molar-refractivity contribution in [2.75, 3.05) is 10.6 Å². The minimum absolute atomic E-state index is 0.0983. The van der Waals surface area contributed by atoms with E-state index in [1.54, 1.807) is 30.3 Å². The summed E-state index contributed by atoms with van der Waals surface area (Å²) in [5, 5.41) is 4.59. The van der Waals surface area contributed by atoms with Crippen LogP contribution in [0.2, 0.25) is 0 Å². The topological polar surface area (TPSA) is 58.2 Å². The molecule has 0 aliphatic carbocycles. The lowest BCUT2D eigenvalue weighted by Crippen LogP contribution is -2.29. The molecule has 0 aliphatic heterocycles. The minimum atomic E-state index is -4.45. The van der Waals surface area contributed by atoms with Crippen LogP contribution in [0, 0.1) is 0 Å². The van der Waals surface area contributed by atoms with Gasteiger partial charge in [0.1, 0.15) is 0 Å². The zero-order valence-corrected chi connectivity index (χ0v) is 11.1. The number of rotatable bonds is 2. The number of amides is 2. The van der Waals surface area contributed by atoms with E-state index < -0.39 is 23.6 Å². The molecule has 0 radical (unpaired) electrons. The third-order valence-corrected chi connectivity index (χ3v) is 2.71. The molecular weight excluding hydrogens is 297 g/mol.